The van der Waals surface area contributed by atoms with Crippen LogP contribution in [0.1, 0.15) is 16.9 Å². The summed E-state index contributed by atoms with van der Waals surface area (Å²) in [6, 6.07) is 4.91. The second-order valence-corrected chi connectivity index (χ2v) is 4.90. The van der Waals surface area contributed by atoms with Crippen molar-refractivity contribution in [1.29, 1.82) is 0 Å². The Kier molecular flexibility index (Phi) is 5.10. The number of thiophene rings is 1. The predicted molar refractivity (Wildman–Crippen MR) is 73.6 cm³/mol. The molecule has 0 unspecified atom stereocenters. The highest BCUT2D eigenvalue weighted by atomic mass is 32.1. The fourth-order valence-corrected chi connectivity index (χ4v) is 2.25. The number of aliphatic hydroxyl groups is 1. The first kappa shape index (κ1) is 14.5. The second kappa shape index (κ2) is 7.04. The van der Waals surface area contributed by atoms with Crippen molar-refractivity contribution in [2.24, 2.45) is 0 Å². The van der Waals surface area contributed by atoms with Gasteiger partial charge in [0.25, 0.3) is 0 Å². The van der Waals surface area contributed by atoms with Crippen molar-refractivity contribution in [2.45, 2.75) is 13.0 Å². The van der Waals surface area contributed by atoms with Gasteiger partial charge in [-0.2, -0.15) is 0 Å². The Balaban J connectivity index is 2.06. The molecular formula is C15H12F2O2S. The Hall–Kier alpha value is -1.90. The summed E-state index contributed by atoms with van der Waals surface area (Å²) in [5.74, 6) is 4.46. The third kappa shape index (κ3) is 3.80. The number of aliphatic hydroxyl groups excluding tert-OH is 1. The Bertz CT molecular complexity index is 641. The molecule has 2 nitrogen and oxygen atoms in total. The van der Waals surface area contributed by atoms with E-state index in [1.165, 1.54) is 11.3 Å². The lowest BCUT2D eigenvalue weighted by Crippen LogP contribution is -1.97. The average molecular weight is 294 g/mol. The molecule has 104 valence electrons. The van der Waals surface area contributed by atoms with E-state index < -0.39 is 11.6 Å². The van der Waals surface area contributed by atoms with E-state index in [1.807, 2.05) is 11.4 Å². The van der Waals surface area contributed by atoms with E-state index in [2.05, 4.69) is 11.8 Å². The molecule has 5 heteroatoms. The average Bonchev–Trinajstić information content (AvgIpc) is 2.88. The molecule has 0 radical (unpaired) electrons. The topological polar surface area (TPSA) is 29.5 Å². The van der Waals surface area contributed by atoms with Crippen molar-refractivity contribution < 1.29 is 18.6 Å². The van der Waals surface area contributed by atoms with Gasteiger partial charge in [0.1, 0.15) is 12.4 Å². The molecule has 1 aromatic heterocycles. The molecule has 1 N–H and O–H groups in total. The molecular weight excluding hydrogens is 282 g/mol. The Morgan fingerprint density at radius 3 is 2.90 bits per heavy atom. The summed E-state index contributed by atoms with van der Waals surface area (Å²) < 4.78 is 31.7. The molecule has 0 atom stereocenters. The first-order valence-corrected chi connectivity index (χ1v) is 6.82. The molecule has 0 aliphatic rings. The van der Waals surface area contributed by atoms with Crippen molar-refractivity contribution in [3.8, 4) is 17.6 Å². The summed E-state index contributed by atoms with van der Waals surface area (Å²) in [7, 11) is 0. The minimum atomic E-state index is -0.601. The predicted octanol–water partition coefficient (Wildman–Crippen LogP) is 3.34. The highest BCUT2D eigenvalue weighted by Crippen LogP contribution is 2.22. The summed E-state index contributed by atoms with van der Waals surface area (Å²) in [5.41, 5.74) is 0.778. The SMILES string of the molecule is OCCC#Cc1ccsc1COc1cc(F)ccc1F. The van der Waals surface area contributed by atoms with Crippen LogP contribution in [0.2, 0.25) is 0 Å². The lowest BCUT2D eigenvalue weighted by atomic mass is 10.2. The molecule has 1 aromatic carbocycles. The zero-order chi connectivity index (χ0) is 14.4. The lowest BCUT2D eigenvalue weighted by molar-refractivity contribution is 0.291. The van der Waals surface area contributed by atoms with Crippen LogP contribution in [0.15, 0.2) is 29.6 Å². The Morgan fingerprint density at radius 1 is 1.25 bits per heavy atom. The fourth-order valence-electron chi connectivity index (χ4n) is 1.51. The molecule has 0 saturated heterocycles. The molecule has 2 rings (SSSR count). The molecule has 0 aliphatic heterocycles. The molecule has 0 aliphatic carbocycles. The van der Waals surface area contributed by atoms with Crippen molar-refractivity contribution >= 4 is 11.3 Å². The van der Waals surface area contributed by atoms with Crippen molar-refractivity contribution in [2.75, 3.05) is 6.61 Å². The number of rotatable bonds is 4. The van der Waals surface area contributed by atoms with Crippen molar-refractivity contribution in [3.05, 3.63) is 51.7 Å². The summed E-state index contributed by atoms with van der Waals surface area (Å²) in [4.78, 5) is 0.833. The normalized spacial score (nSPS) is 9.95. The molecule has 0 fully saturated rings. The maximum absolute atomic E-state index is 13.4. The molecule has 1 heterocycles. The van der Waals surface area contributed by atoms with Crippen LogP contribution in [-0.2, 0) is 6.61 Å². The monoisotopic (exact) mass is 294 g/mol. The Labute approximate surface area is 119 Å². The Morgan fingerprint density at radius 2 is 2.10 bits per heavy atom. The summed E-state index contributed by atoms with van der Waals surface area (Å²) in [6.07, 6.45) is 0.397. The van der Waals surface area contributed by atoms with E-state index >= 15 is 0 Å². The van der Waals surface area contributed by atoms with Crippen LogP contribution in [0.3, 0.4) is 0 Å². The van der Waals surface area contributed by atoms with E-state index in [0.29, 0.717) is 6.42 Å². The number of hydrogen-bond acceptors (Lipinski definition) is 3. The quantitative estimate of drug-likeness (QED) is 0.876. The first-order chi connectivity index (χ1) is 9.70. The summed E-state index contributed by atoms with van der Waals surface area (Å²) in [5, 5.41) is 10.5. The summed E-state index contributed by atoms with van der Waals surface area (Å²) >= 11 is 1.43. The van der Waals surface area contributed by atoms with Gasteiger partial charge in [0.15, 0.2) is 11.6 Å². The van der Waals surface area contributed by atoms with Crippen LogP contribution < -0.4 is 4.74 Å². The zero-order valence-corrected chi connectivity index (χ0v) is 11.3. The van der Waals surface area contributed by atoms with E-state index in [9.17, 15) is 8.78 Å². The van der Waals surface area contributed by atoms with E-state index in [1.54, 1.807) is 0 Å². The van der Waals surface area contributed by atoms with E-state index in [0.717, 1.165) is 28.6 Å². The van der Waals surface area contributed by atoms with E-state index in [-0.39, 0.29) is 19.0 Å². The minimum absolute atomic E-state index is 0.0114. The molecule has 0 saturated carbocycles. The highest BCUT2D eigenvalue weighted by Gasteiger charge is 2.08. The van der Waals surface area contributed by atoms with Crippen molar-refractivity contribution in [3.63, 3.8) is 0 Å². The standard InChI is InChI=1S/C15H12F2O2S/c16-12-4-5-13(17)14(9-12)19-10-15-11(6-8-20-15)3-1-2-7-18/h4-6,8-9,18H,2,7,10H2. The molecule has 20 heavy (non-hydrogen) atoms. The largest absolute Gasteiger partial charge is 0.485 e. The van der Waals surface area contributed by atoms with Crippen LogP contribution in [-0.4, -0.2) is 11.7 Å². The minimum Gasteiger partial charge on any atom is -0.485 e. The van der Waals surface area contributed by atoms with Gasteiger partial charge in [0.05, 0.1) is 11.5 Å². The van der Waals surface area contributed by atoms with Crippen LogP contribution in [0.25, 0.3) is 0 Å². The smallest absolute Gasteiger partial charge is 0.165 e. The van der Waals surface area contributed by atoms with Crippen LogP contribution in [0, 0.1) is 23.5 Å². The number of ether oxygens (including phenoxy) is 1. The first-order valence-electron chi connectivity index (χ1n) is 5.94. The van der Waals surface area contributed by atoms with Gasteiger partial charge in [0, 0.05) is 18.1 Å². The fraction of sp³-hybridized carbons (Fsp3) is 0.200. The van der Waals surface area contributed by atoms with Gasteiger partial charge in [-0.15, -0.1) is 11.3 Å². The maximum Gasteiger partial charge on any atom is 0.165 e. The highest BCUT2D eigenvalue weighted by molar-refractivity contribution is 7.10. The molecule has 0 bridgehead atoms. The third-order valence-corrected chi connectivity index (χ3v) is 3.35. The van der Waals surface area contributed by atoms with Gasteiger partial charge >= 0.3 is 0 Å². The molecule has 2 aromatic rings. The van der Waals surface area contributed by atoms with Gasteiger partial charge in [-0.1, -0.05) is 11.8 Å². The third-order valence-electron chi connectivity index (χ3n) is 2.46. The van der Waals surface area contributed by atoms with Gasteiger partial charge in [-0.3, -0.25) is 0 Å². The lowest BCUT2D eigenvalue weighted by Gasteiger charge is -2.06. The maximum atomic E-state index is 13.4. The molecule has 0 spiro atoms. The van der Waals surface area contributed by atoms with Gasteiger partial charge in [-0.05, 0) is 23.6 Å². The second-order valence-electron chi connectivity index (χ2n) is 3.90. The van der Waals surface area contributed by atoms with Crippen LogP contribution >= 0.6 is 11.3 Å². The number of hydrogen-bond donors (Lipinski definition) is 1. The van der Waals surface area contributed by atoms with Gasteiger partial charge in [0.2, 0.25) is 0 Å². The number of halogens is 2. The van der Waals surface area contributed by atoms with Crippen molar-refractivity contribution in [1.82, 2.24) is 0 Å². The zero-order valence-electron chi connectivity index (χ0n) is 10.5. The van der Waals surface area contributed by atoms with Gasteiger partial charge < -0.3 is 9.84 Å². The van der Waals surface area contributed by atoms with Crippen LogP contribution in [0.5, 0.6) is 5.75 Å². The molecule has 0 amide bonds. The van der Waals surface area contributed by atoms with Gasteiger partial charge in [-0.25, -0.2) is 8.78 Å². The van der Waals surface area contributed by atoms with E-state index in [4.69, 9.17) is 9.84 Å². The van der Waals surface area contributed by atoms with Crippen LogP contribution in [0.4, 0.5) is 8.78 Å². The number of benzene rings is 1. The summed E-state index contributed by atoms with van der Waals surface area (Å²) in [6.45, 7) is 0.138.